The van der Waals surface area contributed by atoms with Gasteiger partial charge in [-0.25, -0.2) is 0 Å². The number of alkyl halides is 3. The molecule has 3 aliphatic rings. The van der Waals surface area contributed by atoms with Crippen LogP contribution in [0.15, 0.2) is 0 Å². The van der Waals surface area contributed by atoms with Gasteiger partial charge in [0, 0.05) is 19.0 Å². The summed E-state index contributed by atoms with van der Waals surface area (Å²) in [6, 6.07) is -1.41. The minimum atomic E-state index is -5.15. The molecule has 0 aromatic rings. The standard InChI is InChI=1S/C21H28F3N5O4/c1-20(2,3)15(28-19(33)21(22,23)24)18(32)29-9-11-7-13(11)14(29)17(31)27-12(8-25)6-10-4-5-26-16(10)30/h10-15H,4-7,9H2,1-3H3,(H,26,30)(H,27,31)(H,28,33)/t10-,11-,12?,13-,14-,15?/m0/s1. The van der Waals surface area contributed by atoms with E-state index in [4.69, 9.17) is 0 Å². The molecule has 3 N–H and O–H groups in total. The summed E-state index contributed by atoms with van der Waals surface area (Å²) in [5.74, 6) is -4.25. The van der Waals surface area contributed by atoms with E-state index in [9.17, 15) is 37.6 Å². The van der Waals surface area contributed by atoms with Crippen LogP contribution >= 0.6 is 0 Å². The van der Waals surface area contributed by atoms with E-state index in [1.54, 1.807) is 5.32 Å². The van der Waals surface area contributed by atoms with Gasteiger partial charge < -0.3 is 20.9 Å². The summed E-state index contributed by atoms with van der Waals surface area (Å²) in [6.45, 7) is 5.27. The lowest BCUT2D eigenvalue weighted by atomic mass is 9.85. The van der Waals surface area contributed by atoms with Gasteiger partial charge in [0.1, 0.15) is 18.1 Å². The number of rotatable bonds is 6. The number of halogens is 3. The molecule has 2 aliphatic heterocycles. The Morgan fingerprint density at radius 3 is 2.42 bits per heavy atom. The van der Waals surface area contributed by atoms with Gasteiger partial charge in [0.05, 0.1) is 6.07 Å². The molecule has 1 aliphatic carbocycles. The van der Waals surface area contributed by atoms with E-state index in [2.05, 4.69) is 10.6 Å². The summed E-state index contributed by atoms with van der Waals surface area (Å²) < 4.78 is 38.5. The van der Waals surface area contributed by atoms with Crippen LogP contribution in [0, 0.1) is 34.5 Å². The molecule has 0 spiro atoms. The Labute approximate surface area is 189 Å². The van der Waals surface area contributed by atoms with Gasteiger partial charge in [-0.05, 0) is 36.5 Å². The molecule has 2 heterocycles. The van der Waals surface area contributed by atoms with E-state index in [-0.39, 0.29) is 30.7 Å². The van der Waals surface area contributed by atoms with Gasteiger partial charge >= 0.3 is 12.1 Å². The first kappa shape index (κ1) is 24.8. The first-order chi connectivity index (χ1) is 15.2. The van der Waals surface area contributed by atoms with Crippen molar-refractivity contribution in [2.75, 3.05) is 13.1 Å². The third kappa shape index (κ3) is 5.39. The van der Waals surface area contributed by atoms with Crippen molar-refractivity contribution in [3.05, 3.63) is 0 Å². The number of amides is 4. The largest absolute Gasteiger partial charge is 0.471 e. The first-order valence-corrected chi connectivity index (χ1v) is 10.9. The highest BCUT2D eigenvalue weighted by Gasteiger charge is 2.58. The number of nitriles is 1. The lowest BCUT2D eigenvalue weighted by Crippen LogP contribution is -2.60. The third-order valence-electron chi connectivity index (χ3n) is 6.50. The highest BCUT2D eigenvalue weighted by molar-refractivity contribution is 5.94. The maximum absolute atomic E-state index is 13.3. The minimum absolute atomic E-state index is 0.0461. The van der Waals surface area contributed by atoms with E-state index in [0.717, 1.165) is 0 Å². The van der Waals surface area contributed by atoms with Crippen molar-refractivity contribution < 1.29 is 32.3 Å². The van der Waals surface area contributed by atoms with Crippen molar-refractivity contribution in [2.24, 2.45) is 23.2 Å². The van der Waals surface area contributed by atoms with E-state index in [0.29, 0.717) is 19.4 Å². The molecule has 4 amide bonds. The van der Waals surface area contributed by atoms with E-state index >= 15 is 0 Å². The zero-order valence-electron chi connectivity index (χ0n) is 18.7. The van der Waals surface area contributed by atoms with Crippen molar-refractivity contribution >= 4 is 23.6 Å². The molecule has 1 saturated carbocycles. The van der Waals surface area contributed by atoms with Crippen molar-refractivity contribution in [1.29, 1.82) is 5.26 Å². The fourth-order valence-corrected chi connectivity index (χ4v) is 4.61. The second-order valence-electron chi connectivity index (χ2n) is 10.1. The van der Waals surface area contributed by atoms with Gasteiger partial charge in [-0.15, -0.1) is 0 Å². The number of carbonyl (C=O) groups excluding carboxylic acids is 4. The summed E-state index contributed by atoms with van der Waals surface area (Å²) in [6.07, 6.45) is -3.77. The Kier molecular flexibility index (Phi) is 6.64. The maximum Gasteiger partial charge on any atom is 0.471 e. The molecular weight excluding hydrogens is 443 g/mol. The monoisotopic (exact) mass is 471 g/mol. The van der Waals surface area contributed by atoms with Crippen molar-refractivity contribution in [3.63, 3.8) is 0 Å². The Balaban J connectivity index is 1.73. The Bertz CT molecular complexity index is 879. The summed E-state index contributed by atoms with van der Waals surface area (Å²) >= 11 is 0. The summed E-state index contributed by atoms with van der Waals surface area (Å²) in [4.78, 5) is 50.9. The molecular formula is C21H28F3N5O4. The van der Waals surface area contributed by atoms with Crippen LogP contribution in [0.1, 0.15) is 40.0 Å². The normalized spacial score (nSPS) is 28.3. The van der Waals surface area contributed by atoms with E-state index in [1.165, 1.54) is 25.7 Å². The van der Waals surface area contributed by atoms with Crippen LogP contribution in [0.2, 0.25) is 0 Å². The van der Waals surface area contributed by atoms with Crippen LogP contribution in [0.25, 0.3) is 0 Å². The molecule has 3 rings (SSSR count). The van der Waals surface area contributed by atoms with Crippen molar-refractivity contribution in [2.45, 2.75) is 64.3 Å². The minimum Gasteiger partial charge on any atom is -0.356 e. The van der Waals surface area contributed by atoms with Crippen LogP contribution in [0.4, 0.5) is 13.2 Å². The summed E-state index contributed by atoms with van der Waals surface area (Å²) in [5.41, 5.74) is -1.04. The number of fused-ring (bicyclic) bond motifs is 1. The lowest BCUT2D eigenvalue weighted by molar-refractivity contribution is -0.176. The van der Waals surface area contributed by atoms with Gasteiger partial charge in [-0.1, -0.05) is 20.8 Å². The third-order valence-corrected chi connectivity index (χ3v) is 6.50. The van der Waals surface area contributed by atoms with Crippen LogP contribution in [-0.4, -0.2) is 65.9 Å². The second kappa shape index (κ2) is 8.83. The second-order valence-corrected chi connectivity index (χ2v) is 10.1. The number of nitrogens with one attached hydrogen (secondary N) is 3. The van der Waals surface area contributed by atoms with Gasteiger partial charge in [-0.2, -0.15) is 18.4 Å². The molecule has 3 fully saturated rings. The predicted molar refractivity (Wildman–Crippen MR) is 108 cm³/mol. The smallest absolute Gasteiger partial charge is 0.356 e. The van der Waals surface area contributed by atoms with Gasteiger partial charge in [0.2, 0.25) is 17.7 Å². The highest BCUT2D eigenvalue weighted by Crippen LogP contribution is 2.50. The molecule has 9 nitrogen and oxygen atoms in total. The number of likely N-dealkylation sites (tertiary alicyclic amines) is 1. The van der Waals surface area contributed by atoms with Crippen LogP contribution in [0.5, 0.6) is 0 Å². The fourth-order valence-electron chi connectivity index (χ4n) is 4.61. The number of hydrogen-bond acceptors (Lipinski definition) is 5. The molecule has 12 heteroatoms. The Morgan fingerprint density at radius 1 is 1.24 bits per heavy atom. The average Bonchev–Trinajstić information content (AvgIpc) is 3.17. The number of nitrogens with zero attached hydrogens (tertiary/aromatic N) is 2. The molecule has 2 unspecified atom stereocenters. The van der Waals surface area contributed by atoms with Crippen molar-refractivity contribution in [3.8, 4) is 6.07 Å². The van der Waals surface area contributed by atoms with Crippen LogP contribution in [-0.2, 0) is 19.2 Å². The molecule has 0 radical (unpaired) electrons. The maximum atomic E-state index is 13.3. The Morgan fingerprint density at radius 2 is 1.91 bits per heavy atom. The van der Waals surface area contributed by atoms with Gasteiger partial charge in [-0.3, -0.25) is 19.2 Å². The predicted octanol–water partition coefficient (Wildman–Crippen LogP) is 0.461. The molecule has 0 bridgehead atoms. The summed E-state index contributed by atoms with van der Waals surface area (Å²) in [5, 5.41) is 16.5. The molecule has 0 aromatic carbocycles. The van der Waals surface area contributed by atoms with Crippen molar-refractivity contribution in [1.82, 2.24) is 20.9 Å². The SMILES string of the molecule is CC(C)(C)C(NC(=O)C(F)(F)F)C(=O)N1C[C@@H]2C[C@@H]2[C@H]1C(=O)NC(C#N)C[C@@H]1CCNC1=O. The van der Waals surface area contributed by atoms with Gasteiger partial charge in [0.25, 0.3) is 0 Å². The first-order valence-electron chi connectivity index (χ1n) is 10.9. The quantitative estimate of drug-likeness (QED) is 0.518. The summed E-state index contributed by atoms with van der Waals surface area (Å²) in [7, 11) is 0. The average molecular weight is 471 g/mol. The lowest BCUT2D eigenvalue weighted by Gasteiger charge is -2.36. The fraction of sp³-hybridized carbons (Fsp3) is 0.762. The van der Waals surface area contributed by atoms with Crippen LogP contribution < -0.4 is 16.0 Å². The number of carbonyl (C=O) groups is 4. The number of piperidine rings is 1. The highest BCUT2D eigenvalue weighted by atomic mass is 19.4. The molecule has 0 aromatic heterocycles. The molecule has 33 heavy (non-hydrogen) atoms. The van der Waals surface area contributed by atoms with Gasteiger partial charge in [0.15, 0.2) is 0 Å². The molecule has 2 saturated heterocycles. The molecule has 182 valence electrons. The van der Waals surface area contributed by atoms with E-state index in [1.807, 2.05) is 6.07 Å². The zero-order valence-corrected chi connectivity index (χ0v) is 18.7. The Hall–Kier alpha value is -2.84. The topological polar surface area (TPSA) is 131 Å². The zero-order chi connectivity index (χ0) is 24.7. The number of hydrogen-bond donors (Lipinski definition) is 3. The molecule has 6 atom stereocenters. The van der Waals surface area contributed by atoms with E-state index < -0.39 is 53.4 Å². The van der Waals surface area contributed by atoms with Crippen LogP contribution in [0.3, 0.4) is 0 Å².